The maximum absolute atomic E-state index is 12.5. The number of rotatable bonds is 5. The molecule has 2 aromatic rings. The van der Waals surface area contributed by atoms with E-state index < -0.39 is 10.5 Å². The SMILES string of the molecule is Cc1cc(C(=O)Cn2cc([N+](=O)[O-])ccc2=O)c(C)n1C(C)C. The number of aromatic nitrogens is 2. The summed E-state index contributed by atoms with van der Waals surface area (Å²) in [5.41, 5.74) is 1.68. The van der Waals surface area contributed by atoms with Crippen LogP contribution in [0, 0.1) is 24.0 Å². The second-order valence-electron chi connectivity index (χ2n) is 5.78. The van der Waals surface area contributed by atoms with Crippen LogP contribution in [0.15, 0.2) is 29.2 Å². The third kappa shape index (κ3) is 3.23. The number of carbonyl (C=O) groups excluding carboxylic acids is 1. The Labute approximate surface area is 133 Å². The van der Waals surface area contributed by atoms with Gasteiger partial charge in [-0.05, 0) is 33.8 Å². The molecule has 0 aliphatic heterocycles. The van der Waals surface area contributed by atoms with Crippen molar-refractivity contribution in [2.75, 3.05) is 0 Å². The van der Waals surface area contributed by atoms with E-state index in [2.05, 4.69) is 0 Å². The molecule has 7 nitrogen and oxygen atoms in total. The minimum Gasteiger partial charge on any atom is -0.346 e. The lowest BCUT2D eigenvalue weighted by atomic mass is 10.1. The average Bonchev–Trinajstić information content (AvgIpc) is 2.76. The van der Waals surface area contributed by atoms with Crippen LogP contribution < -0.4 is 5.56 Å². The van der Waals surface area contributed by atoms with Gasteiger partial charge in [0.25, 0.3) is 11.2 Å². The Morgan fingerprint density at radius 1 is 1.30 bits per heavy atom. The third-order valence-electron chi connectivity index (χ3n) is 3.79. The molecule has 0 saturated carbocycles. The molecule has 0 aliphatic rings. The van der Waals surface area contributed by atoms with E-state index >= 15 is 0 Å². The van der Waals surface area contributed by atoms with Crippen LogP contribution in [0.5, 0.6) is 0 Å². The largest absolute Gasteiger partial charge is 0.346 e. The van der Waals surface area contributed by atoms with Crippen molar-refractivity contribution in [2.24, 2.45) is 0 Å². The summed E-state index contributed by atoms with van der Waals surface area (Å²) in [5, 5.41) is 10.8. The molecule has 0 bridgehead atoms. The number of nitro groups is 1. The molecule has 7 heteroatoms. The number of nitrogens with zero attached hydrogens (tertiary/aromatic N) is 3. The zero-order valence-corrected chi connectivity index (χ0v) is 13.6. The fraction of sp³-hybridized carbons (Fsp3) is 0.375. The van der Waals surface area contributed by atoms with Crippen molar-refractivity contribution in [3.63, 3.8) is 0 Å². The lowest BCUT2D eigenvalue weighted by Gasteiger charge is -2.13. The molecule has 0 amide bonds. The molecule has 0 aliphatic carbocycles. The van der Waals surface area contributed by atoms with Gasteiger partial charge in [-0.25, -0.2) is 0 Å². The van der Waals surface area contributed by atoms with E-state index in [-0.39, 0.29) is 24.1 Å². The van der Waals surface area contributed by atoms with Gasteiger partial charge in [-0.3, -0.25) is 19.7 Å². The highest BCUT2D eigenvalue weighted by Crippen LogP contribution is 2.21. The Hall–Kier alpha value is -2.70. The number of hydrogen-bond donors (Lipinski definition) is 0. The van der Waals surface area contributed by atoms with Crippen molar-refractivity contribution in [1.29, 1.82) is 0 Å². The Morgan fingerprint density at radius 3 is 2.48 bits per heavy atom. The normalized spacial score (nSPS) is 11.0. The molecule has 2 heterocycles. The first-order valence-corrected chi connectivity index (χ1v) is 7.29. The monoisotopic (exact) mass is 317 g/mol. The Kier molecular flexibility index (Phi) is 4.49. The summed E-state index contributed by atoms with van der Waals surface area (Å²) < 4.78 is 3.12. The van der Waals surface area contributed by atoms with E-state index in [0.29, 0.717) is 5.56 Å². The molecule has 0 N–H and O–H groups in total. The van der Waals surface area contributed by atoms with Gasteiger partial charge in [0.05, 0.1) is 17.7 Å². The first kappa shape index (κ1) is 16.7. The number of Topliss-reactive ketones (excluding diaryl/α,β-unsaturated/α-hetero) is 1. The maximum Gasteiger partial charge on any atom is 0.285 e. The second-order valence-corrected chi connectivity index (χ2v) is 5.78. The number of carbonyl (C=O) groups is 1. The molecule has 23 heavy (non-hydrogen) atoms. The summed E-state index contributed by atoms with van der Waals surface area (Å²) in [6, 6.07) is 4.24. The topological polar surface area (TPSA) is 87.1 Å². The summed E-state index contributed by atoms with van der Waals surface area (Å²) in [4.78, 5) is 34.5. The molecule has 122 valence electrons. The second kappa shape index (κ2) is 6.20. The molecular formula is C16H19N3O4. The van der Waals surface area contributed by atoms with Gasteiger partial charge < -0.3 is 9.13 Å². The van der Waals surface area contributed by atoms with E-state index in [1.807, 2.05) is 32.3 Å². The lowest BCUT2D eigenvalue weighted by molar-refractivity contribution is -0.385. The van der Waals surface area contributed by atoms with Gasteiger partial charge in [-0.15, -0.1) is 0 Å². The molecule has 0 fully saturated rings. The van der Waals surface area contributed by atoms with Crippen molar-refractivity contribution in [3.05, 3.63) is 61.8 Å². The molecule has 0 unspecified atom stereocenters. The quantitative estimate of drug-likeness (QED) is 0.482. The summed E-state index contributed by atoms with van der Waals surface area (Å²) in [6.07, 6.45) is 1.10. The smallest absolute Gasteiger partial charge is 0.285 e. The molecule has 2 rings (SSSR count). The van der Waals surface area contributed by atoms with E-state index in [1.165, 1.54) is 0 Å². The standard InChI is InChI=1S/C16H19N3O4/c1-10(2)18-11(3)7-14(12(18)4)15(20)9-17-8-13(19(22)23)5-6-16(17)21/h5-8,10H,9H2,1-4H3. The molecule has 2 aromatic heterocycles. The van der Waals surface area contributed by atoms with E-state index in [9.17, 15) is 19.7 Å². The van der Waals surface area contributed by atoms with Gasteiger partial charge in [-0.1, -0.05) is 0 Å². The highest BCUT2D eigenvalue weighted by molar-refractivity contribution is 5.97. The Morgan fingerprint density at radius 2 is 1.96 bits per heavy atom. The minimum absolute atomic E-state index is 0.218. The maximum atomic E-state index is 12.5. The van der Waals surface area contributed by atoms with Crippen LogP contribution in [0.4, 0.5) is 5.69 Å². The third-order valence-corrected chi connectivity index (χ3v) is 3.79. The first-order chi connectivity index (χ1) is 10.7. The minimum atomic E-state index is -0.592. The van der Waals surface area contributed by atoms with Crippen molar-refractivity contribution >= 4 is 11.5 Å². The van der Waals surface area contributed by atoms with Gasteiger partial charge in [0, 0.05) is 35.1 Å². The van der Waals surface area contributed by atoms with Crippen LogP contribution in [0.2, 0.25) is 0 Å². The molecule has 0 radical (unpaired) electrons. The van der Waals surface area contributed by atoms with Crippen molar-refractivity contribution < 1.29 is 9.72 Å². The van der Waals surface area contributed by atoms with Crippen LogP contribution in [-0.4, -0.2) is 19.8 Å². The number of aryl methyl sites for hydroxylation is 1. The van der Waals surface area contributed by atoms with Crippen LogP contribution in [0.25, 0.3) is 0 Å². The summed E-state index contributed by atoms with van der Waals surface area (Å²) >= 11 is 0. The van der Waals surface area contributed by atoms with Crippen molar-refractivity contribution in [2.45, 2.75) is 40.3 Å². The number of pyridine rings is 1. The predicted molar refractivity (Wildman–Crippen MR) is 86.0 cm³/mol. The molecular weight excluding hydrogens is 298 g/mol. The Balaban J connectivity index is 2.37. The summed E-state index contributed by atoms with van der Waals surface area (Å²) in [6.45, 7) is 7.61. The number of hydrogen-bond acceptors (Lipinski definition) is 4. The summed E-state index contributed by atoms with van der Waals surface area (Å²) in [7, 11) is 0. The molecule has 0 atom stereocenters. The zero-order valence-electron chi connectivity index (χ0n) is 13.6. The zero-order chi connectivity index (χ0) is 17.3. The Bertz CT molecular complexity index is 830. The van der Waals surface area contributed by atoms with Crippen molar-refractivity contribution in [3.8, 4) is 0 Å². The van der Waals surface area contributed by atoms with Gasteiger partial charge in [-0.2, -0.15) is 0 Å². The average molecular weight is 317 g/mol. The highest BCUT2D eigenvalue weighted by Gasteiger charge is 2.18. The van der Waals surface area contributed by atoms with Crippen LogP contribution in [0.1, 0.15) is 41.6 Å². The van der Waals surface area contributed by atoms with Gasteiger partial charge >= 0.3 is 0 Å². The van der Waals surface area contributed by atoms with Crippen molar-refractivity contribution in [1.82, 2.24) is 9.13 Å². The summed E-state index contributed by atoms with van der Waals surface area (Å²) in [5.74, 6) is -0.243. The highest BCUT2D eigenvalue weighted by atomic mass is 16.6. The first-order valence-electron chi connectivity index (χ1n) is 7.29. The van der Waals surface area contributed by atoms with Crippen LogP contribution in [0.3, 0.4) is 0 Å². The predicted octanol–water partition coefficient (Wildman–Crippen LogP) is 2.64. The molecule has 0 saturated heterocycles. The van der Waals surface area contributed by atoms with Gasteiger partial charge in [0.1, 0.15) is 0 Å². The van der Waals surface area contributed by atoms with E-state index in [1.54, 1.807) is 6.07 Å². The molecule has 0 spiro atoms. The van der Waals surface area contributed by atoms with Crippen LogP contribution >= 0.6 is 0 Å². The van der Waals surface area contributed by atoms with Gasteiger partial charge in [0.15, 0.2) is 5.78 Å². The lowest BCUT2D eigenvalue weighted by Crippen LogP contribution is -2.23. The fourth-order valence-corrected chi connectivity index (χ4v) is 2.84. The van der Waals surface area contributed by atoms with Crippen LogP contribution in [-0.2, 0) is 6.54 Å². The van der Waals surface area contributed by atoms with E-state index in [4.69, 9.17) is 0 Å². The van der Waals surface area contributed by atoms with Gasteiger partial charge in [0.2, 0.25) is 0 Å². The molecule has 0 aromatic carbocycles. The fourth-order valence-electron chi connectivity index (χ4n) is 2.84. The van der Waals surface area contributed by atoms with E-state index in [0.717, 1.165) is 34.3 Å². The number of ketones is 1.